The van der Waals surface area contributed by atoms with Crippen molar-refractivity contribution >= 4 is 81.1 Å². The van der Waals surface area contributed by atoms with Gasteiger partial charge in [0.15, 0.2) is 0 Å². The van der Waals surface area contributed by atoms with E-state index in [0.29, 0.717) is 0 Å². The van der Waals surface area contributed by atoms with Crippen LogP contribution in [0, 0.1) is 0 Å². The van der Waals surface area contributed by atoms with Gasteiger partial charge in [-0.2, -0.15) is 0 Å². The Morgan fingerprint density at radius 1 is 0.324 bits per heavy atom. The third kappa shape index (κ3) is 5.76. The van der Waals surface area contributed by atoms with Crippen molar-refractivity contribution in [2.24, 2.45) is 0 Å². The van der Waals surface area contributed by atoms with Crippen LogP contribution in [0.2, 0.25) is 0 Å². The van der Waals surface area contributed by atoms with Gasteiger partial charge in [-0.1, -0.05) is 206 Å². The molecule has 12 aromatic carbocycles. The highest BCUT2D eigenvalue weighted by atomic mass is 32.1. The van der Waals surface area contributed by atoms with E-state index < -0.39 is 5.41 Å². The average molecular weight is 957 g/mol. The van der Waals surface area contributed by atoms with Crippen molar-refractivity contribution in [3.63, 3.8) is 0 Å². The van der Waals surface area contributed by atoms with E-state index in [1.54, 1.807) is 0 Å². The standard InChI is InChI=1S/C71H44N2S/c1-4-18-45(19-5-1)47-32-35-50(36-33-47)72(51-37-39-56-55-26-14-17-31-63(55)71(64(56)43-51)61-29-15-12-24-53(61)54-25-13-16-30-62(54)71)52-38-40-59-65(44-52)73(49-22-8-3-9-23-49)69-57-27-10-11-28-58(57)70-68(67(59)69)60-42-48(34-41-66(60)74-70)46-20-6-2-7-21-46/h1-44H. The molecule has 2 aliphatic carbocycles. The number of nitrogens with zero attached hydrogens (tertiary/aromatic N) is 2. The lowest BCUT2D eigenvalue weighted by molar-refractivity contribution is 0.793. The van der Waals surface area contributed by atoms with E-state index >= 15 is 0 Å². The summed E-state index contributed by atoms with van der Waals surface area (Å²) in [5, 5.41) is 7.66. The summed E-state index contributed by atoms with van der Waals surface area (Å²) in [7, 11) is 0. The summed E-state index contributed by atoms with van der Waals surface area (Å²) in [6.07, 6.45) is 0. The van der Waals surface area contributed by atoms with Crippen molar-refractivity contribution < 1.29 is 0 Å². The molecule has 0 saturated heterocycles. The second-order valence-electron chi connectivity index (χ2n) is 19.9. The zero-order valence-electron chi connectivity index (χ0n) is 40.2. The van der Waals surface area contributed by atoms with Crippen molar-refractivity contribution in [3.05, 3.63) is 289 Å². The van der Waals surface area contributed by atoms with Crippen molar-refractivity contribution in [1.29, 1.82) is 0 Å². The first kappa shape index (κ1) is 41.3. The van der Waals surface area contributed by atoms with Gasteiger partial charge in [0.25, 0.3) is 0 Å². The van der Waals surface area contributed by atoms with Crippen LogP contribution in [0.15, 0.2) is 267 Å². The number of aromatic nitrogens is 1. The fourth-order valence-electron chi connectivity index (χ4n) is 13.1. The van der Waals surface area contributed by atoms with Crippen molar-refractivity contribution in [3.8, 4) is 50.2 Å². The van der Waals surface area contributed by atoms with Gasteiger partial charge in [0.2, 0.25) is 0 Å². The largest absolute Gasteiger partial charge is 0.310 e. The molecular formula is C71H44N2S. The molecule has 1 spiro atoms. The monoisotopic (exact) mass is 956 g/mol. The molecule has 0 saturated carbocycles. The van der Waals surface area contributed by atoms with Gasteiger partial charge in [-0.05, 0) is 127 Å². The number of thiophene rings is 1. The number of benzene rings is 12. The van der Waals surface area contributed by atoms with Gasteiger partial charge in [0, 0.05) is 64.5 Å². The van der Waals surface area contributed by atoms with Gasteiger partial charge in [-0.15, -0.1) is 11.3 Å². The Bertz CT molecular complexity index is 4520. The van der Waals surface area contributed by atoms with Gasteiger partial charge in [-0.25, -0.2) is 0 Å². The topological polar surface area (TPSA) is 8.17 Å². The highest BCUT2D eigenvalue weighted by Gasteiger charge is 2.51. The lowest BCUT2D eigenvalue weighted by Gasteiger charge is -2.32. The van der Waals surface area contributed by atoms with Gasteiger partial charge in [0.05, 0.1) is 16.4 Å². The molecule has 0 aliphatic heterocycles. The minimum Gasteiger partial charge on any atom is -0.310 e. The summed E-state index contributed by atoms with van der Waals surface area (Å²) in [5.74, 6) is 0. The number of para-hydroxylation sites is 1. The summed E-state index contributed by atoms with van der Waals surface area (Å²) >= 11 is 1.91. The van der Waals surface area contributed by atoms with Gasteiger partial charge in [0.1, 0.15) is 0 Å². The molecule has 14 aromatic rings. The first-order chi connectivity index (χ1) is 36.7. The zero-order valence-corrected chi connectivity index (χ0v) is 41.0. The molecule has 2 aliphatic rings. The third-order valence-corrected chi connectivity index (χ3v) is 17.4. The molecule has 3 heteroatoms. The second kappa shape index (κ2) is 15.9. The summed E-state index contributed by atoms with van der Waals surface area (Å²) in [4.78, 5) is 2.49. The molecule has 74 heavy (non-hydrogen) atoms. The van der Waals surface area contributed by atoms with E-state index in [0.717, 1.165) is 28.3 Å². The molecule has 2 nitrogen and oxygen atoms in total. The Kier molecular flexibility index (Phi) is 8.86. The van der Waals surface area contributed by atoms with Crippen LogP contribution >= 0.6 is 11.3 Å². The molecular weight excluding hydrogens is 913 g/mol. The lowest BCUT2D eigenvalue weighted by atomic mass is 9.70. The maximum absolute atomic E-state index is 2.54. The maximum atomic E-state index is 2.54. The van der Waals surface area contributed by atoms with E-state index in [1.165, 1.54) is 114 Å². The van der Waals surface area contributed by atoms with E-state index in [1.807, 2.05) is 11.3 Å². The quantitative estimate of drug-likeness (QED) is 0.161. The number of hydrogen-bond donors (Lipinski definition) is 0. The fourth-order valence-corrected chi connectivity index (χ4v) is 14.3. The predicted octanol–water partition coefficient (Wildman–Crippen LogP) is 19.5. The third-order valence-electron chi connectivity index (χ3n) is 16.2. The number of hydrogen-bond acceptors (Lipinski definition) is 2. The minimum absolute atomic E-state index is 0.474. The van der Waals surface area contributed by atoms with Crippen LogP contribution in [-0.4, -0.2) is 4.57 Å². The molecule has 0 atom stereocenters. The highest BCUT2D eigenvalue weighted by Crippen LogP contribution is 2.63. The average Bonchev–Trinajstić information content (AvgIpc) is 4.20. The van der Waals surface area contributed by atoms with Gasteiger partial charge >= 0.3 is 0 Å². The zero-order chi connectivity index (χ0) is 48.5. The van der Waals surface area contributed by atoms with Crippen molar-refractivity contribution in [2.75, 3.05) is 4.90 Å². The van der Waals surface area contributed by atoms with Crippen LogP contribution in [0.5, 0.6) is 0 Å². The lowest BCUT2D eigenvalue weighted by Crippen LogP contribution is -2.26. The molecule has 344 valence electrons. The van der Waals surface area contributed by atoms with Crippen LogP contribution in [-0.2, 0) is 5.41 Å². The van der Waals surface area contributed by atoms with E-state index in [2.05, 4.69) is 276 Å². The molecule has 0 bridgehead atoms. The van der Waals surface area contributed by atoms with E-state index in [4.69, 9.17) is 0 Å². The van der Waals surface area contributed by atoms with Crippen molar-refractivity contribution in [2.45, 2.75) is 5.41 Å². The predicted molar refractivity (Wildman–Crippen MR) is 313 cm³/mol. The Labute approximate surface area is 432 Å². The van der Waals surface area contributed by atoms with Gasteiger partial charge < -0.3 is 9.47 Å². The Hall–Kier alpha value is -9.28. The van der Waals surface area contributed by atoms with Crippen molar-refractivity contribution in [1.82, 2.24) is 4.57 Å². The summed E-state index contributed by atoms with van der Waals surface area (Å²) in [6.45, 7) is 0. The maximum Gasteiger partial charge on any atom is 0.0726 e. The molecule has 0 amide bonds. The Balaban J connectivity index is 0.989. The molecule has 0 fully saturated rings. The summed E-state index contributed by atoms with van der Waals surface area (Å²) in [5.41, 5.74) is 21.7. The van der Waals surface area contributed by atoms with Gasteiger partial charge in [-0.3, -0.25) is 0 Å². The minimum atomic E-state index is -0.474. The van der Waals surface area contributed by atoms with Crippen LogP contribution in [0.4, 0.5) is 17.1 Å². The molecule has 0 radical (unpaired) electrons. The first-order valence-corrected chi connectivity index (χ1v) is 26.4. The summed E-state index contributed by atoms with van der Waals surface area (Å²) < 4.78 is 5.16. The Morgan fingerprint density at radius 3 is 1.49 bits per heavy atom. The van der Waals surface area contributed by atoms with Crippen LogP contribution < -0.4 is 4.90 Å². The van der Waals surface area contributed by atoms with Crippen LogP contribution in [0.25, 0.3) is 103 Å². The van der Waals surface area contributed by atoms with E-state index in [9.17, 15) is 0 Å². The van der Waals surface area contributed by atoms with Crippen LogP contribution in [0.1, 0.15) is 22.3 Å². The number of anilines is 3. The summed E-state index contributed by atoms with van der Waals surface area (Å²) in [6, 6.07) is 99.5. The first-order valence-electron chi connectivity index (χ1n) is 25.6. The molecule has 0 unspecified atom stereocenters. The second-order valence-corrected chi connectivity index (χ2v) is 20.9. The molecule has 0 N–H and O–H groups in total. The number of rotatable bonds is 6. The molecule has 2 aromatic heterocycles. The smallest absolute Gasteiger partial charge is 0.0726 e. The van der Waals surface area contributed by atoms with Crippen LogP contribution in [0.3, 0.4) is 0 Å². The number of fused-ring (bicyclic) bond motifs is 20. The van der Waals surface area contributed by atoms with E-state index in [-0.39, 0.29) is 0 Å². The normalized spacial score (nSPS) is 13.0. The fraction of sp³-hybridized carbons (Fsp3) is 0.0141. The molecule has 2 heterocycles. The SMILES string of the molecule is c1ccc(-c2ccc(N(c3ccc4c(c3)C3(c5ccccc5-c5ccccc53)c3ccccc3-4)c3ccc4c5c6c7cc(-c8ccccc8)ccc7sc6c6ccccc6c5n(-c5ccccc5)c4c3)cc2)cc1. The highest BCUT2D eigenvalue weighted by molar-refractivity contribution is 7.27. The molecule has 16 rings (SSSR count). The Morgan fingerprint density at radius 2 is 0.824 bits per heavy atom.